The first-order valence-electron chi connectivity index (χ1n) is 9.61. The van der Waals surface area contributed by atoms with E-state index in [-0.39, 0.29) is 5.91 Å². The van der Waals surface area contributed by atoms with Crippen molar-refractivity contribution in [3.8, 4) is 11.1 Å². The molecule has 0 spiro atoms. The van der Waals surface area contributed by atoms with Gasteiger partial charge in [-0.3, -0.25) is 9.69 Å². The Labute approximate surface area is 169 Å². The molecule has 146 valence electrons. The van der Waals surface area contributed by atoms with Gasteiger partial charge in [0.05, 0.1) is 10.6 Å². The first-order chi connectivity index (χ1) is 13.5. The zero-order valence-electron chi connectivity index (χ0n) is 16.6. The minimum absolute atomic E-state index is 0.141. The largest absolute Gasteiger partial charge is 0.361 e. The number of aromatic nitrogens is 1. The van der Waals surface area contributed by atoms with E-state index in [0.29, 0.717) is 0 Å². The molecule has 28 heavy (non-hydrogen) atoms. The van der Waals surface area contributed by atoms with Crippen LogP contribution in [0.25, 0.3) is 11.1 Å². The van der Waals surface area contributed by atoms with E-state index in [1.165, 1.54) is 22.5 Å². The van der Waals surface area contributed by atoms with Crippen LogP contribution in [0.2, 0.25) is 0 Å². The fraction of sp³-hybridized carbons (Fsp3) is 0.364. The van der Waals surface area contributed by atoms with Crippen molar-refractivity contribution in [1.29, 1.82) is 0 Å². The minimum atomic E-state index is 0.141. The lowest BCUT2D eigenvalue weighted by Gasteiger charge is -2.34. The molecule has 0 atom stereocenters. The molecule has 4 rings (SSSR count). The Kier molecular flexibility index (Phi) is 5.33. The molecule has 3 aromatic rings. The van der Waals surface area contributed by atoms with Crippen LogP contribution in [0.15, 0.2) is 40.2 Å². The molecule has 1 amide bonds. The molecule has 5 nitrogen and oxygen atoms in total. The van der Waals surface area contributed by atoms with Gasteiger partial charge in [0.25, 0.3) is 5.91 Å². The summed E-state index contributed by atoms with van der Waals surface area (Å²) < 4.78 is 5.27. The molecule has 1 saturated heterocycles. The number of aryl methyl sites for hydroxylation is 3. The van der Waals surface area contributed by atoms with Crippen molar-refractivity contribution < 1.29 is 9.32 Å². The highest BCUT2D eigenvalue weighted by atomic mass is 32.1. The molecule has 3 heterocycles. The smallest absolute Gasteiger partial charge is 0.264 e. The van der Waals surface area contributed by atoms with Crippen LogP contribution in [0.5, 0.6) is 0 Å². The molecule has 1 aromatic carbocycles. The number of hydrogen-bond donors (Lipinski definition) is 0. The highest BCUT2D eigenvalue weighted by molar-refractivity contribution is 7.12. The number of rotatable bonds is 4. The van der Waals surface area contributed by atoms with Crippen molar-refractivity contribution in [1.82, 2.24) is 15.0 Å². The number of hydrogen-bond acceptors (Lipinski definition) is 5. The molecule has 6 heteroatoms. The highest BCUT2D eigenvalue weighted by Gasteiger charge is 2.26. The molecule has 0 aliphatic carbocycles. The Morgan fingerprint density at radius 3 is 2.43 bits per heavy atom. The topological polar surface area (TPSA) is 49.6 Å². The molecule has 0 N–H and O–H groups in total. The first kappa shape index (κ1) is 18.9. The zero-order valence-corrected chi connectivity index (χ0v) is 17.4. The summed E-state index contributed by atoms with van der Waals surface area (Å²) in [7, 11) is 0. The van der Waals surface area contributed by atoms with Crippen LogP contribution in [-0.2, 0) is 6.54 Å². The van der Waals surface area contributed by atoms with E-state index in [0.717, 1.165) is 60.2 Å². The Bertz CT molecular complexity index is 947. The van der Waals surface area contributed by atoms with Crippen molar-refractivity contribution in [2.45, 2.75) is 27.3 Å². The van der Waals surface area contributed by atoms with Crippen LogP contribution in [-0.4, -0.2) is 47.0 Å². The number of benzene rings is 1. The van der Waals surface area contributed by atoms with Crippen LogP contribution >= 0.6 is 11.3 Å². The molecule has 0 radical (unpaired) electrons. The Hall–Kier alpha value is -2.44. The SMILES string of the molecule is Cc1ccc(-c2ccsc2C(=O)N2CCN(Cc3c(C)noc3C)CC2)cc1. The first-order valence-corrected chi connectivity index (χ1v) is 10.5. The van der Waals surface area contributed by atoms with Gasteiger partial charge in [0.2, 0.25) is 0 Å². The average Bonchev–Trinajstić information content (AvgIpc) is 3.31. The second-order valence-corrected chi connectivity index (χ2v) is 8.32. The van der Waals surface area contributed by atoms with Gasteiger partial charge < -0.3 is 9.42 Å². The van der Waals surface area contributed by atoms with Crippen molar-refractivity contribution in [3.05, 3.63) is 63.2 Å². The van der Waals surface area contributed by atoms with Gasteiger partial charge >= 0.3 is 0 Å². The lowest BCUT2D eigenvalue weighted by Crippen LogP contribution is -2.48. The molecule has 1 aliphatic heterocycles. The summed E-state index contributed by atoms with van der Waals surface area (Å²) in [5.74, 6) is 1.03. The number of carbonyl (C=O) groups is 1. The van der Waals surface area contributed by atoms with E-state index >= 15 is 0 Å². The molecular formula is C22H25N3O2S. The maximum absolute atomic E-state index is 13.1. The predicted octanol–water partition coefficient (Wildman–Crippen LogP) is 4.29. The zero-order chi connectivity index (χ0) is 19.7. The number of nitrogens with zero attached hydrogens (tertiary/aromatic N) is 3. The third-order valence-corrected chi connectivity index (χ3v) is 6.35. The van der Waals surface area contributed by atoms with Crippen molar-refractivity contribution in [2.24, 2.45) is 0 Å². The maximum Gasteiger partial charge on any atom is 0.264 e. The molecule has 2 aromatic heterocycles. The molecule has 0 saturated carbocycles. The molecule has 1 fully saturated rings. The Morgan fingerprint density at radius 2 is 1.79 bits per heavy atom. The summed E-state index contributed by atoms with van der Waals surface area (Å²) in [5.41, 5.74) is 5.48. The van der Waals surface area contributed by atoms with Crippen LogP contribution < -0.4 is 0 Å². The normalized spacial score (nSPS) is 15.2. The van der Waals surface area contributed by atoms with E-state index < -0.39 is 0 Å². The highest BCUT2D eigenvalue weighted by Crippen LogP contribution is 2.30. The fourth-order valence-corrected chi connectivity index (χ4v) is 4.52. The van der Waals surface area contributed by atoms with Crippen LogP contribution in [0.3, 0.4) is 0 Å². The van der Waals surface area contributed by atoms with Gasteiger partial charge in [-0.15, -0.1) is 11.3 Å². The van der Waals surface area contributed by atoms with Gasteiger partial charge in [-0.25, -0.2) is 0 Å². The monoisotopic (exact) mass is 395 g/mol. The van der Waals surface area contributed by atoms with Gasteiger partial charge in [0, 0.05) is 43.9 Å². The van der Waals surface area contributed by atoms with E-state index in [1.54, 1.807) is 0 Å². The van der Waals surface area contributed by atoms with Gasteiger partial charge in [-0.2, -0.15) is 0 Å². The predicted molar refractivity (Wildman–Crippen MR) is 112 cm³/mol. The molecular weight excluding hydrogens is 370 g/mol. The lowest BCUT2D eigenvalue weighted by molar-refractivity contribution is 0.0633. The quantitative estimate of drug-likeness (QED) is 0.661. The third kappa shape index (κ3) is 3.75. The van der Waals surface area contributed by atoms with Gasteiger partial charge in [-0.05, 0) is 37.8 Å². The van der Waals surface area contributed by atoms with E-state index in [9.17, 15) is 4.79 Å². The number of amides is 1. The van der Waals surface area contributed by atoms with Crippen LogP contribution in [0.4, 0.5) is 0 Å². The fourth-order valence-electron chi connectivity index (χ4n) is 3.64. The second kappa shape index (κ2) is 7.89. The summed E-state index contributed by atoms with van der Waals surface area (Å²) in [5, 5.41) is 6.05. The van der Waals surface area contributed by atoms with Gasteiger partial charge in [0.1, 0.15) is 5.76 Å². The van der Waals surface area contributed by atoms with Crippen molar-refractivity contribution in [2.75, 3.05) is 26.2 Å². The Balaban J connectivity index is 1.42. The average molecular weight is 396 g/mol. The van der Waals surface area contributed by atoms with Crippen LogP contribution in [0, 0.1) is 20.8 Å². The number of thiophene rings is 1. The van der Waals surface area contributed by atoms with Crippen molar-refractivity contribution in [3.63, 3.8) is 0 Å². The van der Waals surface area contributed by atoms with E-state index in [4.69, 9.17) is 4.52 Å². The van der Waals surface area contributed by atoms with Crippen LogP contribution in [0.1, 0.15) is 32.3 Å². The number of piperazine rings is 1. The van der Waals surface area contributed by atoms with Gasteiger partial charge in [-0.1, -0.05) is 35.0 Å². The Morgan fingerprint density at radius 1 is 1.07 bits per heavy atom. The van der Waals surface area contributed by atoms with E-state index in [1.807, 2.05) is 24.1 Å². The molecule has 0 unspecified atom stereocenters. The summed E-state index contributed by atoms with van der Waals surface area (Å²) in [4.78, 5) is 18.3. The summed E-state index contributed by atoms with van der Waals surface area (Å²) >= 11 is 1.53. The minimum Gasteiger partial charge on any atom is -0.361 e. The third-order valence-electron chi connectivity index (χ3n) is 5.44. The summed E-state index contributed by atoms with van der Waals surface area (Å²) in [6, 6.07) is 10.4. The maximum atomic E-state index is 13.1. The molecule has 0 bridgehead atoms. The number of carbonyl (C=O) groups excluding carboxylic acids is 1. The second-order valence-electron chi connectivity index (χ2n) is 7.40. The van der Waals surface area contributed by atoms with E-state index in [2.05, 4.69) is 47.3 Å². The summed E-state index contributed by atoms with van der Waals surface area (Å²) in [6.45, 7) is 10.1. The van der Waals surface area contributed by atoms with Crippen molar-refractivity contribution >= 4 is 17.2 Å². The lowest BCUT2D eigenvalue weighted by atomic mass is 10.0. The van der Waals surface area contributed by atoms with Gasteiger partial charge in [0.15, 0.2) is 0 Å². The standard InChI is InChI=1S/C22H25N3O2S/c1-15-4-6-18(7-5-15)19-8-13-28-21(19)22(26)25-11-9-24(10-12-25)14-20-16(2)23-27-17(20)3/h4-8,13H,9-12,14H2,1-3H3. The summed E-state index contributed by atoms with van der Waals surface area (Å²) in [6.07, 6.45) is 0. The molecule has 1 aliphatic rings.